The Morgan fingerprint density at radius 1 is 1.09 bits per heavy atom. The minimum Gasteiger partial charge on any atom is -0.539 e. The molecule has 0 unspecified atom stereocenters. The van der Waals surface area contributed by atoms with Crippen molar-refractivity contribution in [2.75, 3.05) is 7.11 Å². The van der Waals surface area contributed by atoms with Gasteiger partial charge in [-0.25, -0.2) is 0 Å². The molecule has 1 N–H and O–H groups in total. The Bertz CT molecular complexity index is 755. The average molecular weight is 311 g/mol. The fourth-order valence-corrected chi connectivity index (χ4v) is 2.26. The molecule has 0 aliphatic carbocycles. The van der Waals surface area contributed by atoms with Crippen LogP contribution in [0.15, 0.2) is 59.1 Å². The van der Waals surface area contributed by atoms with E-state index in [4.69, 9.17) is 9.26 Å². The highest BCUT2D eigenvalue weighted by molar-refractivity contribution is 5.31. The van der Waals surface area contributed by atoms with Crippen molar-refractivity contribution in [2.24, 2.45) is 0 Å². The molecule has 3 aromatic rings. The van der Waals surface area contributed by atoms with Gasteiger partial charge in [0.1, 0.15) is 5.75 Å². The topological polar surface area (TPSA) is 74.2 Å². The average Bonchev–Trinajstić information content (AvgIpc) is 2.97. The third-order valence-electron chi connectivity index (χ3n) is 3.48. The predicted molar refractivity (Wildman–Crippen MR) is 81.0 cm³/mol. The predicted octanol–water partition coefficient (Wildman–Crippen LogP) is 1.32. The minimum absolute atomic E-state index is 0.364. The van der Waals surface area contributed by atoms with E-state index >= 15 is 0 Å². The van der Waals surface area contributed by atoms with Crippen molar-refractivity contribution in [3.05, 3.63) is 65.9 Å². The number of hydrogen-bond acceptors (Lipinski definition) is 5. The summed E-state index contributed by atoms with van der Waals surface area (Å²) in [4.78, 5) is 0. The van der Waals surface area contributed by atoms with Crippen LogP contribution in [-0.4, -0.2) is 12.4 Å². The maximum atomic E-state index is 11.9. The molecule has 0 fully saturated rings. The highest BCUT2D eigenvalue weighted by Crippen LogP contribution is 2.14. The molecule has 0 amide bonds. The van der Waals surface area contributed by atoms with E-state index in [0.717, 1.165) is 17.0 Å². The Hall–Kier alpha value is -2.86. The molecule has 0 saturated carbocycles. The van der Waals surface area contributed by atoms with Crippen molar-refractivity contribution in [1.29, 1.82) is 0 Å². The van der Waals surface area contributed by atoms with Crippen molar-refractivity contribution >= 4 is 0 Å². The number of methoxy groups -OCH3 is 1. The SMILES string of the molecule is COc1ccc(-[n+]2noc([O-])c2CNCc2ccccc2)cc1. The highest BCUT2D eigenvalue weighted by atomic mass is 16.6. The molecule has 1 aromatic heterocycles. The van der Waals surface area contributed by atoms with Gasteiger partial charge in [-0.1, -0.05) is 30.3 Å². The first-order valence-electron chi connectivity index (χ1n) is 7.25. The number of aromatic nitrogens is 2. The molecule has 6 heteroatoms. The third kappa shape index (κ3) is 3.49. The quantitative estimate of drug-likeness (QED) is 0.695. The van der Waals surface area contributed by atoms with E-state index in [2.05, 4.69) is 10.6 Å². The molecule has 3 rings (SSSR count). The van der Waals surface area contributed by atoms with Crippen molar-refractivity contribution in [1.82, 2.24) is 10.6 Å². The molecule has 0 bridgehead atoms. The first-order chi connectivity index (χ1) is 11.3. The molecule has 23 heavy (non-hydrogen) atoms. The van der Waals surface area contributed by atoms with Crippen molar-refractivity contribution < 1.29 is 19.0 Å². The summed E-state index contributed by atoms with van der Waals surface area (Å²) in [5, 5.41) is 18.9. The Morgan fingerprint density at radius 2 is 1.83 bits per heavy atom. The van der Waals surface area contributed by atoms with Gasteiger partial charge < -0.3 is 19.7 Å². The van der Waals surface area contributed by atoms with Gasteiger partial charge in [0.25, 0.3) is 5.69 Å². The summed E-state index contributed by atoms with van der Waals surface area (Å²) in [7, 11) is 1.60. The van der Waals surface area contributed by atoms with Crippen molar-refractivity contribution in [3.63, 3.8) is 0 Å². The molecular weight excluding hydrogens is 294 g/mol. The van der Waals surface area contributed by atoms with E-state index in [1.54, 1.807) is 7.11 Å². The lowest BCUT2D eigenvalue weighted by Gasteiger charge is -2.03. The zero-order valence-corrected chi connectivity index (χ0v) is 12.7. The van der Waals surface area contributed by atoms with Crippen LogP contribution in [0.1, 0.15) is 11.3 Å². The third-order valence-corrected chi connectivity index (χ3v) is 3.48. The second-order valence-corrected chi connectivity index (χ2v) is 5.01. The number of hydrogen-bond donors (Lipinski definition) is 1. The van der Waals surface area contributed by atoms with Crippen LogP contribution in [0.4, 0.5) is 0 Å². The van der Waals surface area contributed by atoms with Gasteiger partial charge in [-0.2, -0.15) is 0 Å². The first-order valence-corrected chi connectivity index (χ1v) is 7.25. The van der Waals surface area contributed by atoms with Crippen molar-refractivity contribution in [2.45, 2.75) is 13.1 Å². The molecule has 6 nitrogen and oxygen atoms in total. The van der Waals surface area contributed by atoms with E-state index in [1.807, 2.05) is 54.6 Å². The van der Waals surface area contributed by atoms with Crippen LogP contribution in [0.5, 0.6) is 11.7 Å². The summed E-state index contributed by atoms with van der Waals surface area (Å²) >= 11 is 0. The van der Waals surface area contributed by atoms with Crippen LogP contribution in [-0.2, 0) is 13.1 Å². The molecule has 0 radical (unpaired) electrons. The molecule has 0 atom stereocenters. The van der Waals surface area contributed by atoms with Gasteiger partial charge in [0.05, 0.1) is 18.9 Å². The molecule has 0 spiro atoms. The molecule has 0 aliphatic rings. The van der Waals surface area contributed by atoms with Gasteiger partial charge in [0, 0.05) is 18.7 Å². The summed E-state index contributed by atoms with van der Waals surface area (Å²) < 4.78 is 11.4. The zero-order chi connectivity index (χ0) is 16.1. The molecule has 0 aliphatic heterocycles. The molecule has 118 valence electrons. The number of nitrogens with zero attached hydrogens (tertiary/aromatic N) is 2. The number of rotatable bonds is 6. The lowest BCUT2D eigenvalue weighted by molar-refractivity contribution is -0.677. The fourth-order valence-electron chi connectivity index (χ4n) is 2.26. The smallest absolute Gasteiger partial charge is 0.253 e. The van der Waals surface area contributed by atoms with Crippen LogP contribution in [0, 0.1) is 0 Å². The number of ether oxygens (including phenoxy) is 1. The van der Waals surface area contributed by atoms with E-state index in [1.165, 1.54) is 4.68 Å². The Labute approximate surface area is 133 Å². The van der Waals surface area contributed by atoms with Crippen LogP contribution >= 0.6 is 0 Å². The maximum absolute atomic E-state index is 11.9. The van der Waals surface area contributed by atoms with Crippen LogP contribution in [0.2, 0.25) is 0 Å². The Morgan fingerprint density at radius 3 is 2.52 bits per heavy atom. The molecule has 0 saturated heterocycles. The van der Waals surface area contributed by atoms with Crippen LogP contribution < -0.4 is 19.8 Å². The van der Waals surface area contributed by atoms with E-state index in [9.17, 15) is 5.11 Å². The fraction of sp³-hybridized carbons (Fsp3) is 0.176. The van der Waals surface area contributed by atoms with Gasteiger partial charge >= 0.3 is 0 Å². The summed E-state index contributed by atoms with van der Waals surface area (Å²) in [6.07, 6.45) is 0. The lowest BCUT2D eigenvalue weighted by Crippen LogP contribution is -2.38. The summed E-state index contributed by atoms with van der Waals surface area (Å²) in [5.74, 6) is 0.297. The maximum Gasteiger partial charge on any atom is 0.253 e. The Balaban J connectivity index is 1.73. The number of nitrogens with one attached hydrogen (secondary N) is 1. The normalized spacial score (nSPS) is 10.7. The first kappa shape index (κ1) is 15.1. The van der Waals surface area contributed by atoms with Gasteiger partial charge in [-0.15, -0.1) is 0 Å². The minimum atomic E-state index is -0.443. The van der Waals surface area contributed by atoms with E-state index < -0.39 is 5.95 Å². The summed E-state index contributed by atoms with van der Waals surface area (Å²) in [6, 6.07) is 17.2. The van der Waals surface area contributed by atoms with E-state index in [0.29, 0.717) is 18.8 Å². The second-order valence-electron chi connectivity index (χ2n) is 5.01. The largest absolute Gasteiger partial charge is 0.539 e. The molecule has 1 heterocycles. The van der Waals surface area contributed by atoms with Gasteiger partial charge in [0.15, 0.2) is 5.95 Å². The highest BCUT2D eigenvalue weighted by Gasteiger charge is 2.19. The Kier molecular flexibility index (Phi) is 4.54. The molecular formula is C17H17N3O3. The monoisotopic (exact) mass is 311 g/mol. The summed E-state index contributed by atoms with van der Waals surface area (Å²) in [5.41, 5.74) is 2.34. The van der Waals surface area contributed by atoms with E-state index in [-0.39, 0.29) is 0 Å². The number of benzene rings is 2. The van der Waals surface area contributed by atoms with Crippen LogP contribution in [0.25, 0.3) is 5.69 Å². The lowest BCUT2D eigenvalue weighted by atomic mass is 10.2. The zero-order valence-electron chi connectivity index (χ0n) is 12.7. The second kappa shape index (κ2) is 6.93. The van der Waals surface area contributed by atoms with Gasteiger partial charge in [0.2, 0.25) is 5.69 Å². The van der Waals surface area contributed by atoms with Crippen LogP contribution in [0.3, 0.4) is 0 Å². The van der Waals surface area contributed by atoms with Crippen molar-refractivity contribution in [3.8, 4) is 17.4 Å². The summed E-state index contributed by atoms with van der Waals surface area (Å²) in [6.45, 7) is 1.03. The van der Waals surface area contributed by atoms with Gasteiger partial charge in [-0.3, -0.25) is 0 Å². The standard InChI is InChI=1S/C17H17N3O3/c1-22-15-9-7-14(8-10-15)20-16(17(21)23-19-20)12-18-11-13-5-3-2-4-6-13/h2-10,18H,11-12H2,1H3. The van der Waals surface area contributed by atoms with Gasteiger partial charge in [-0.05, 0) is 22.4 Å². The molecule has 2 aromatic carbocycles.